The number of anilines is 2. The Kier molecular flexibility index (Phi) is 3.65. The zero-order chi connectivity index (χ0) is 15.8. The number of aromatic nitrogens is 4. The fourth-order valence-electron chi connectivity index (χ4n) is 3.25. The molecule has 1 fully saturated rings. The van der Waals surface area contributed by atoms with Crippen LogP contribution in [0.5, 0.6) is 0 Å². The first-order valence-electron chi connectivity index (χ1n) is 8.04. The molecule has 4 heterocycles. The largest absolute Gasteiger partial charge is 0.382 e. The second-order valence-electron chi connectivity index (χ2n) is 5.97. The molecule has 6 nitrogen and oxygen atoms in total. The van der Waals surface area contributed by atoms with Crippen LogP contribution >= 0.6 is 11.3 Å². The number of rotatable bonds is 3. The number of H-pyrrole nitrogens is 1. The molecule has 1 saturated heterocycles. The Morgan fingerprint density at radius 3 is 2.87 bits per heavy atom. The van der Waals surface area contributed by atoms with Crippen LogP contribution in [0.2, 0.25) is 0 Å². The number of fused-ring (bicyclic) bond motifs is 1. The van der Waals surface area contributed by atoms with Crippen LogP contribution in [0.4, 0.5) is 11.6 Å². The molecule has 3 N–H and O–H groups in total. The van der Waals surface area contributed by atoms with Crippen molar-refractivity contribution >= 4 is 33.2 Å². The maximum atomic E-state index is 5.72. The highest BCUT2D eigenvalue weighted by atomic mass is 32.1. The summed E-state index contributed by atoms with van der Waals surface area (Å²) >= 11 is 1.69. The molecule has 3 aromatic rings. The Morgan fingerprint density at radius 2 is 2.17 bits per heavy atom. The maximum absolute atomic E-state index is 5.72. The highest BCUT2D eigenvalue weighted by Gasteiger charge is 2.24. The van der Waals surface area contributed by atoms with Gasteiger partial charge >= 0.3 is 0 Å². The Balaban J connectivity index is 1.57. The molecule has 3 aromatic heterocycles. The zero-order valence-electron chi connectivity index (χ0n) is 13.1. The quantitative estimate of drug-likeness (QED) is 0.772. The van der Waals surface area contributed by atoms with Gasteiger partial charge in [-0.25, -0.2) is 9.97 Å². The third-order valence-electron chi connectivity index (χ3n) is 4.52. The second kappa shape index (κ2) is 5.81. The van der Waals surface area contributed by atoms with Gasteiger partial charge in [-0.2, -0.15) is 5.10 Å². The molecule has 0 radical (unpaired) electrons. The molecule has 23 heavy (non-hydrogen) atoms. The minimum atomic E-state index is 0.501. The molecule has 0 bridgehead atoms. The summed E-state index contributed by atoms with van der Waals surface area (Å²) in [6, 6.07) is 4.09. The molecule has 120 valence electrons. The van der Waals surface area contributed by atoms with Crippen molar-refractivity contribution in [3.05, 3.63) is 29.0 Å². The molecule has 0 saturated carbocycles. The van der Waals surface area contributed by atoms with Gasteiger partial charge in [-0.05, 0) is 24.3 Å². The Labute approximate surface area is 138 Å². The first-order chi connectivity index (χ1) is 11.2. The summed E-state index contributed by atoms with van der Waals surface area (Å²) in [5.74, 6) is 3.10. The number of nitrogens with zero attached hydrogens (tertiary/aromatic N) is 4. The molecular formula is C16H20N6S. The molecule has 1 aliphatic heterocycles. The molecule has 0 aromatic carbocycles. The van der Waals surface area contributed by atoms with Crippen molar-refractivity contribution in [2.24, 2.45) is 0 Å². The fourth-order valence-corrected chi connectivity index (χ4v) is 4.02. The van der Waals surface area contributed by atoms with Gasteiger partial charge in [0.2, 0.25) is 0 Å². The Bertz CT molecular complexity index is 815. The lowest BCUT2D eigenvalue weighted by Gasteiger charge is -2.32. The number of nitrogens with one attached hydrogen (secondary N) is 1. The molecule has 0 atom stereocenters. The van der Waals surface area contributed by atoms with Crippen LogP contribution in [0.25, 0.3) is 10.2 Å². The van der Waals surface area contributed by atoms with Gasteiger partial charge in [-0.1, -0.05) is 6.92 Å². The van der Waals surface area contributed by atoms with E-state index in [0.717, 1.165) is 54.5 Å². The summed E-state index contributed by atoms with van der Waals surface area (Å²) in [6.07, 6.45) is 3.03. The number of piperidine rings is 1. The molecule has 0 unspecified atom stereocenters. The lowest BCUT2D eigenvalue weighted by Crippen LogP contribution is -2.34. The zero-order valence-corrected chi connectivity index (χ0v) is 13.9. The summed E-state index contributed by atoms with van der Waals surface area (Å²) in [6.45, 7) is 4.09. The molecule has 4 rings (SSSR count). The normalized spacial score (nSPS) is 16.3. The van der Waals surface area contributed by atoms with Crippen molar-refractivity contribution in [2.45, 2.75) is 32.1 Å². The maximum Gasteiger partial charge on any atom is 0.145 e. The van der Waals surface area contributed by atoms with E-state index in [1.54, 1.807) is 11.3 Å². The monoisotopic (exact) mass is 328 g/mol. The van der Waals surface area contributed by atoms with Gasteiger partial charge in [-0.15, -0.1) is 11.3 Å². The van der Waals surface area contributed by atoms with E-state index in [2.05, 4.69) is 38.5 Å². The topological polar surface area (TPSA) is 83.7 Å². The van der Waals surface area contributed by atoms with Crippen molar-refractivity contribution in [1.82, 2.24) is 20.2 Å². The second-order valence-corrected chi connectivity index (χ2v) is 6.86. The summed E-state index contributed by atoms with van der Waals surface area (Å²) in [4.78, 5) is 12.9. The molecule has 7 heteroatoms. The van der Waals surface area contributed by atoms with E-state index in [4.69, 9.17) is 10.7 Å². The first kappa shape index (κ1) is 14.4. The van der Waals surface area contributed by atoms with Crippen molar-refractivity contribution in [1.29, 1.82) is 0 Å². The number of nitrogen functional groups attached to an aromatic ring is 1. The third kappa shape index (κ3) is 2.65. The lowest BCUT2D eigenvalue weighted by molar-refractivity contribution is 0.493. The van der Waals surface area contributed by atoms with Crippen LogP contribution in [0.3, 0.4) is 0 Å². The van der Waals surface area contributed by atoms with E-state index >= 15 is 0 Å². The fraction of sp³-hybridized carbons (Fsp3) is 0.438. The molecule has 0 spiro atoms. The SMILES string of the molecule is CCc1nc(N2CCC(c3cc(N)n[nH]3)CC2)c2ccsc2n1. The van der Waals surface area contributed by atoms with Crippen molar-refractivity contribution in [3.8, 4) is 0 Å². The van der Waals surface area contributed by atoms with Crippen molar-refractivity contribution in [3.63, 3.8) is 0 Å². The van der Waals surface area contributed by atoms with Crippen LogP contribution in [0, 0.1) is 0 Å². The van der Waals surface area contributed by atoms with Crippen LogP contribution in [0.15, 0.2) is 17.5 Å². The minimum Gasteiger partial charge on any atom is -0.382 e. The predicted octanol–water partition coefficient (Wildman–Crippen LogP) is 2.94. The molecular weight excluding hydrogens is 308 g/mol. The number of hydrogen-bond acceptors (Lipinski definition) is 6. The Hall–Kier alpha value is -2.15. The molecule has 0 aliphatic carbocycles. The summed E-state index contributed by atoms with van der Waals surface area (Å²) in [5.41, 5.74) is 6.87. The van der Waals surface area contributed by atoms with Crippen LogP contribution in [-0.4, -0.2) is 33.3 Å². The standard InChI is InChI=1S/C16H20N6S/c1-2-14-18-15(11-5-8-23-16(11)19-14)22-6-3-10(4-7-22)12-9-13(17)21-20-12/h5,8-10H,2-4,6-7H2,1H3,(H3,17,20,21). The number of aromatic amines is 1. The average molecular weight is 328 g/mol. The smallest absolute Gasteiger partial charge is 0.145 e. The van der Waals surface area contributed by atoms with Gasteiger partial charge in [0.05, 0.1) is 5.39 Å². The van der Waals surface area contributed by atoms with Crippen LogP contribution in [0.1, 0.15) is 37.2 Å². The first-order valence-corrected chi connectivity index (χ1v) is 8.92. The number of aryl methyl sites for hydroxylation is 1. The van der Waals surface area contributed by atoms with Crippen LogP contribution in [-0.2, 0) is 6.42 Å². The molecule has 0 amide bonds. The van der Waals surface area contributed by atoms with Gasteiger partial charge in [0, 0.05) is 37.2 Å². The number of thiophene rings is 1. The highest BCUT2D eigenvalue weighted by molar-refractivity contribution is 7.16. The van der Waals surface area contributed by atoms with Crippen molar-refractivity contribution < 1.29 is 0 Å². The van der Waals surface area contributed by atoms with E-state index < -0.39 is 0 Å². The highest BCUT2D eigenvalue weighted by Crippen LogP contribution is 2.33. The van der Waals surface area contributed by atoms with Crippen molar-refractivity contribution in [2.75, 3.05) is 23.7 Å². The molecule has 1 aliphatic rings. The van der Waals surface area contributed by atoms with Gasteiger partial charge in [0.1, 0.15) is 22.3 Å². The van der Waals surface area contributed by atoms with E-state index in [1.807, 2.05) is 6.07 Å². The number of hydrogen-bond donors (Lipinski definition) is 2. The average Bonchev–Trinajstić information content (AvgIpc) is 3.22. The van der Waals surface area contributed by atoms with E-state index in [-0.39, 0.29) is 0 Å². The van der Waals surface area contributed by atoms with Gasteiger partial charge in [-0.3, -0.25) is 5.10 Å². The summed E-state index contributed by atoms with van der Waals surface area (Å²) in [7, 11) is 0. The third-order valence-corrected chi connectivity index (χ3v) is 5.33. The lowest BCUT2D eigenvalue weighted by atomic mass is 9.93. The summed E-state index contributed by atoms with van der Waals surface area (Å²) < 4.78 is 0. The van der Waals surface area contributed by atoms with E-state index in [1.165, 1.54) is 5.39 Å². The van der Waals surface area contributed by atoms with Gasteiger partial charge in [0.15, 0.2) is 0 Å². The van der Waals surface area contributed by atoms with Crippen LogP contribution < -0.4 is 10.6 Å². The van der Waals surface area contributed by atoms with E-state index in [9.17, 15) is 0 Å². The minimum absolute atomic E-state index is 0.501. The number of nitrogens with two attached hydrogens (primary N) is 1. The predicted molar refractivity (Wildman–Crippen MR) is 94.0 cm³/mol. The van der Waals surface area contributed by atoms with Gasteiger partial charge < -0.3 is 10.6 Å². The Morgan fingerprint density at radius 1 is 1.35 bits per heavy atom. The summed E-state index contributed by atoms with van der Waals surface area (Å²) in [5, 5.41) is 10.4. The van der Waals surface area contributed by atoms with E-state index in [0.29, 0.717) is 11.7 Å². The van der Waals surface area contributed by atoms with Gasteiger partial charge in [0.25, 0.3) is 0 Å².